The van der Waals surface area contributed by atoms with Crippen molar-refractivity contribution in [2.45, 2.75) is 45.6 Å². The fourth-order valence-corrected chi connectivity index (χ4v) is 1.96. The lowest BCUT2D eigenvalue weighted by Gasteiger charge is -2.17. The van der Waals surface area contributed by atoms with Crippen molar-refractivity contribution in [3.05, 3.63) is 0 Å². The predicted octanol–water partition coefficient (Wildman–Crippen LogP) is 2.18. The molecule has 1 saturated carbocycles. The molecule has 0 aromatic carbocycles. The van der Waals surface area contributed by atoms with Crippen LogP contribution in [0.3, 0.4) is 0 Å². The minimum atomic E-state index is 0.549. The first-order valence-corrected chi connectivity index (χ1v) is 4.81. The average molecular weight is 165 g/mol. The van der Waals surface area contributed by atoms with Gasteiger partial charge in [0.2, 0.25) is 0 Å². The van der Waals surface area contributed by atoms with Crippen LogP contribution >= 0.6 is 0 Å². The van der Waals surface area contributed by atoms with Gasteiger partial charge in [0, 0.05) is 19.0 Å². The smallest absolute Gasteiger partial charge is 0.0211 e. The van der Waals surface area contributed by atoms with Crippen LogP contribution in [0.15, 0.2) is 0 Å². The second kappa shape index (κ2) is 3.96. The van der Waals surface area contributed by atoms with Crippen LogP contribution < -0.4 is 5.32 Å². The summed E-state index contributed by atoms with van der Waals surface area (Å²) in [6.45, 7) is 5.67. The summed E-state index contributed by atoms with van der Waals surface area (Å²) >= 11 is 0. The monoisotopic (exact) mass is 165 g/mol. The van der Waals surface area contributed by atoms with Gasteiger partial charge in [0.15, 0.2) is 0 Å². The molecule has 0 radical (unpaired) electrons. The molecule has 12 heavy (non-hydrogen) atoms. The maximum absolute atomic E-state index is 5.18. The first-order valence-electron chi connectivity index (χ1n) is 4.81. The lowest BCUT2D eigenvalue weighted by atomic mass is 9.92. The lowest BCUT2D eigenvalue weighted by molar-refractivity contribution is 0.365. The summed E-state index contributed by atoms with van der Waals surface area (Å²) in [6, 6.07) is 0.716. The van der Waals surface area contributed by atoms with Crippen molar-refractivity contribution in [3.8, 4) is 12.3 Å². The van der Waals surface area contributed by atoms with Crippen molar-refractivity contribution in [2.24, 2.45) is 5.41 Å². The van der Waals surface area contributed by atoms with Crippen molar-refractivity contribution in [1.29, 1.82) is 0 Å². The minimum Gasteiger partial charge on any atom is -0.313 e. The Morgan fingerprint density at radius 3 is 2.83 bits per heavy atom. The Hall–Kier alpha value is -0.480. The largest absolute Gasteiger partial charge is 0.313 e. The van der Waals surface area contributed by atoms with E-state index in [1.165, 1.54) is 19.3 Å². The normalized spacial score (nSPS) is 26.9. The van der Waals surface area contributed by atoms with Crippen molar-refractivity contribution < 1.29 is 0 Å². The molecule has 1 aliphatic carbocycles. The molecule has 68 valence electrons. The van der Waals surface area contributed by atoms with Gasteiger partial charge in [0.25, 0.3) is 0 Å². The van der Waals surface area contributed by atoms with E-state index < -0.39 is 0 Å². The van der Waals surface area contributed by atoms with Crippen LogP contribution in [0.1, 0.15) is 39.5 Å². The van der Waals surface area contributed by atoms with E-state index in [2.05, 4.69) is 25.1 Å². The molecule has 1 N–H and O–H groups in total. The standard InChI is InChI=1S/C11H19N/c1-4-5-8-12-10-6-7-11(2,3)9-10/h1,10,12H,5-9H2,2-3H3. The highest BCUT2D eigenvalue weighted by Gasteiger charge is 2.29. The maximum atomic E-state index is 5.18. The van der Waals surface area contributed by atoms with Crippen LogP contribution in [0.2, 0.25) is 0 Å². The van der Waals surface area contributed by atoms with Gasteiger partial charge in [-0.25, -0.2) is 0 Å². The Kier molecular flexibility index (Phi) is 3.17. The zero-order valence-electron chi connectivity index (χ0n) is 8.19. The molecule has 1 unspecified atom stereocenters. The Labute approximate surface area is 75.9 Å². The van der Waals surface area contributed by atoms with E-state index in [0.29, 0.717) is 11.5 Å². The van der Waals surface area contributed by atoms with Gasteiger partial charge in [-0.15, -0.1) is 12.3 Å². The molecule has 0 aromatic heterocycles. The summed E-state index contributed by atoms with van der Waals surface area (Å²) in [6.07, 6.45) is 10.0. The van der Waals surface area contributed by atoms with Gasteiger partial charge in [-0.2, -0.15) is 0 Å². The number of hydrogen-bond donors (Lipinski definition) is 1. The van der Waals surface area contributed by atoms with Crippen molar-refractivity contribution in [3.63, 3.8) is 0 Å². The molecule has 0 spiro atoms. The van der Waals surface area contributed by atoms with Crippen LogP contribution in [-0.2, 0) is 0 Å². The molecule has 1 heteroatoms. The molecule has 0 amide bonds. The van der Waals surface area contributed by atoms with Crippen LogP contribution in [0, 0.1) is 17.8 Å². The van der Waals surface area contributed by atoms with Gasteiger partial charge in [0.05, 0.1) is 0 Å². The van der Waals surface area contributed by atoms with E-state index in [0.717, 1.165) is 13.0 Å². The van der Waals surface area contributed by atoms with E-state index >= 15 is 0 Å². The quantitative estimate of drug-likeness (QED) is 0.499. The molecular weight excluding hydrogens is 146 g/mol. The highest BCUT2D eigenvalue weighted by atomic mass is 14.9. The van der Waals surface area contributed by atoms with Gasteiger partial charge >= 0.3 is 0 Å². The molecular formula is C11H19N. The summed E-state index contributed by atoms with van der Waals surface area (Å²) in [5, 5.41) is 3.50. The van der Waals surface area contributed by atoms with Gasteiger partial charge in [-0.05, 0) is 24.7 Å². The molecule has 0 aliphatic heterocycles. The second-order valence-corrected chi connectivity index (χ2v) is 4.51. The van der Waals surface area contributed by atoms with E-state index in [1.54, 1.807) is 0 Å². The molecule has 1 rings (SSSR count). The SMILES string of the molecule is C#CCCNC1CCC(C)(C)C1. The molecule has 1 fully saturated rings. The molecule has 0 saturated heterocycles. The maximum Gasteiger partial charge on any atom is 0.0211 e. The summed E-state index contributed by atoms with van der Waals surface area (Å²) < 4.78 is 0. The third-order valence-corrected chi connectivity index (χ3v) is 2.67. The molecule has 0 bridgehead atoms. The van der Waals surface area contributed by atoms with E-state index in [4.69, 9.17) is 6.42 Å². The van der Waals surface area contributed by atoms with Crippen LogP contribution in [0.25, 0.3) is 0 Å². The highest BCUT2D eigenvalue weighted by Crippen LogP contribution is 2.36. The number of hydrogen-bond acceptors (Lipinski definition) is 1. The minimum absolute atomic E-state index is 0.549. The zero-order chi connectivity index (χ0) is 9.03. The van der Waals surface area contributed by atoms with E-state index in [1.807, 2.05) is 0 Å². The van der Waals surface area contributed by atoms with Crippen molar-refractivity contribution in [1.82, 2.24) is 5.32 Å². The fourth-order valence-electron chi connectivity index (χ4n) is 1.96. The van der Waals surface area contributed by atoms with Crippen LogP contribution in [-0.4, -0.2) is 12.6 Å². The predicted molar refractivity (Wildman–Crippen MR) is 52.9 cm³/mol. The van der Waals surface area contributed by atoms with Crippen molar-refractivity contribution in [2.75, 3.05) is 6.54 Å². The summed E-state index contributed by atoms with van der Waals surface area (Å²) in [4.78, 5) is 0. The van der Waals surface area contributed by atoms with Gasteiger partial charge in [0.1, 0.15) is 0 Å². The summed E-state index contributed by atoms with van der Waals surface area (Å²) in [7, 11) is 0. The second-order valence-electron chi connectivity index (χ2n) is 4.51. The van der Waals surface area contributed by atoms with Crippen LogP contribution in [0.5, 0.6) is 0 Å². The van der Waals surface area contributed by atoms with Gasteiger partial charge in [-0.3, -0.25) is 0 Å². The topological polar surface area (TPSA) is 12.0 Å². The Morgan fingerprint density at radius 1 is 1.58 bits per heavy atom. The van der Waals surface area contributed by atoms with Gasteiger partial charge in [-0.1, -0.05) is 13.8 Å². The Balaban J connectivity index is 2.16. The molecule has 1 nitrogen and oxygen atoms in total. The number of nitrogens with one attached hydrogen (secondary N) is 1. The van der Waals surface area contributed by atoms with Gasteiger partial charge < -0.3 is 5.32 Å². The first kappa shape index (κ1) is 9.61. The zero-order valence-corrected chi connectivity index (χ0v) is 8.19. The lowest BCUT2D eigenvalue weighted by Crippen LogP contribution is -2.28. The first-order chi connectivity index (χ1) is 5.64. The molecule has 1 aliphatic rings. The Morgan fingerprint density at radius 2 is 2.33 bits per heavy atom. The fraction of sp³-hybridized carbons (Fsp3) is 0.818. The molecule has 0 heterocycles. The highest BCUT2D eigenvalue weighted by molar-refractivity contribution is 4.89. The summed E-state index contributed by atoms with van der Waals surface area (Å²) in [5.41, 5.74) is 0.549. The Bertz CT molecular complexity index is 176. The average Bonchev–Trinajstić information content (AvgIpc) is 2.31. The number of terminal acetylenes is 1. The third kappa shape index (κ3) is 2.87. The summed E-state index contributed by atoms with van der Waals surface area (Å²) in [5.74, 6) is 2.65. The van der Waals surface area contributed by atoms with Crippen LogP contribution in [0.4, 0.5) is 0 Å². The van der Waals surface area contributed by atoms with Crippen molar-refractivity contribution >= 4 is 0 Å². The van der Waals surface area contributed by atoms with E-state index in [-0.39, 0.29) is 0 Å². The molecule has 0 aromatic rings. The third-order valence-electron chi connectivity index (χ3n) is 2.67. The molecule has 1 atom stereocenters. The number of rotatable bonds is 3. The van der Waals surface area contributed by atoms with E-state index in [9.17, 15) is 0 Å².